The summed E-state index contributed by atoms with van der Waals surface area (Å²) in [5.74, 6) is -0.243. The van der Waals surface area contributed by atoms with Crippen LogP contribution >= 0.6 is 0 Å². The van der Waals surface area contributed by atoms with Crippen LogP contribution in [-0.4, -0.2) is 30.6 Å². The predicted octanol–water partition coefficient (Wildman–Crippen LogP) is 1.06. The summed E-state index contributed by atoms with van der Waals surface area (Å²) < 4.78 is 5.31. The molecule has 1 aromatic rings. The van der Waals surface area contributed by atoms with E-state index in [2.05, 4.69) is 0 Å². The Labute approximate surface area is 98.6 Å². The fourth-order valence-corrected chi connectivity index (χ4v) is 1.77. The Balaban J connectivity index is 2.07. The van der Waals surface area contributed by atoms with Crippen LogP contribution in [0.5, 0.6) is 5.75 Å². The van der Waals surface area contributed by atoms with Gasteiger partial charge in [0.15, 0.2) is 0 Å². The molecule has 0 atom stereocenters. The van der Waals surface area contributed by atoms with Crippen molar-refractivity contribution in [3.63, 3.8) is 0 Å². The van der Waals surface area contributed by atoms with Gasteiger partial charge in [0.1, 0.15) is 5.75 Å². The molecule has 0 aromatic heterocycles. The molecule has 17 heavy (non-hydrogen) atoms. The highest BCUT2D eigenvalue weighted by molar-refractivity contribution is 6.01. The van der Waals surface area contributed by atoms with E-state index in [1.165, 1.54) is 0 Å². The second kappa shape index (κ2) is 4.45. The van der Waals surface area contributed by atoms with Gasteiger partial charge in [0, 0.05) is 13.1 Å². The lowest BCUT2D eigenvalue weighted by molar-refractivity contribution is -0.137. The van der Waals surface area contributed by atoms with Crippen LogP contribution in [0.25, 0.3) is 0 Å². The zero-order chi connectivity index (χ0) is 12.4. The van der Waals surface area contributed by atoms with Crippen molar-refractivity contribution >= 4 is 17.6 Å². The highest BCUT2D eigenvalue weighted by atomic mass is 16.5. The lowest BCUT2D eigenvalue weighted by Crippen LogP contribution is -2.20. The van der Waals surface area contributed by atoms with Crippen LogP contribution in [0.1, 0.15) is 12.0 Å². The molecule has 1 aliphatic rings. The topological polar surface area (TPSA) is 66.8 Å². The van der Waals surface area contributed by atoms with Crippen LogP contribution in [0, 0.1) is 0 Å². The van der Waals surface area contributed by atoms with E-state index in [-0.39, 0.29) is 18.9 Å². The number of fused-ring (bicyclic) bond motifs is 1. The Morgan fingerprint density at radius 3 is 3.00 bits per heavy atom. The quantitative estimate of drug-likeness (QED) is 0.847. The maximum absolute atomic E-state index is 11.5. The van der Waals surface area contributed by atoms with Crippen LogP contribution < -0.4 is 9.64 Å². The molecular formula is C12H13NO4. The number of carboxylic acids is 1. The average molecular weight is 235 g/mol. The second-order valence-corrected chi connectivity index (χ2v) is 3.91. The van der Waals surface area contributed by atoms with E-state index in [9.17, 15) is 9.59 Å². The Kier molecular flexibility index (Phi) is 2.99. The highest BCUT2D eigenvalue weighted by Gasteiger charge is 2.24. The smallest absolute Gasteiger partial charge is 0.306 e. The molecule has 1 heterocycles. The number of ether oxygens (including phenoxy) is 1. The first-order valence-electron chi connectivity index (χ1n) is 5.32. The van der Waals surface area contributed by atoms with Gasteiger partial charge in [-0.2, -0.15) is 0 Å². The Bertz CT molecular complexity index is 470. The van der Waals surface area contributed by atoms with Crippen LogP contribution in [0.2, 0.25) is 0 Å². The van der Waals surface area contributed by atoms with E-state index < -0.39 is 5.97 Å². The van der Waals surface area contributed by atoms with Crippen molar-refractivity contribution in [3.05, 3.63) is 23.8 Å². The predicted molar refractivity (Wildman–Crippen MR) is 61.3 cm³/mol. The van der Waals surface area contributed by atoms with Crippen molar-refractivity contribution in [2.45, 2.75) is 12.8 Å². The van der Waals surface area contributed by atoms with Gasteiger partial charge in [-0.3, -0.25) is 9.59 Å². The number of hydrogen-bond acceptors (Lipinski definition) is 3. The number of carbonyl (C=O) groups excluding carboxylic acids is 1. The third kappa shape index (κ3) is 2.38. The molecule has 0 fully saturated rings. The summed E-state index contributed by atoms with van der Waals surface area (Å²) in [4.78, 5) is 23.4. The molecule has 0 bridgehead atoms. The van der Waals surface area contributed by atoms with Gasteiger partial charge in [0.05, 0.1) is 25.1 Å². The number of likely N-dealkylation sites (N-methyl/N-ethyl adjacent to an activating group) is 1. The zero-order valence-corrected chi connectivity index (χ0v) is 9.47. The van der Waals surface area contributed by atoms with Gasteiger partial charge in [-0.25, -0.2) is 0 Å². The van der Waals surface area contributed by atoms with E-state index in [0.717, 1.165) is 11.3 Å². The number of carbonyl (C=O) groups is 2. The molecule has 1 aromatic carbocycles. The summed E-state index contributed by atoms with van der Waals surface area (Å²) in [5.41, 5.74) is 1.81. The first kappa shape index (κ1) is 11.4. The third-order valence-corrected chi connectivity index (χ3v) is 2.72. The molecule has 0 saturated heterocycles. The van der Waals surface area contributed by atoms with Crippen molar-refractivity contribution in [2.24, 2.45) is 0 Å². The number of hydrogen-bond donors (Lipinski definition) is 1. The molecule has 1 amide bonds. The highest BCUT2D eigenvalue weighted by Crippen LogP contribution is 2.31. The summed E-state index contributed by atoms with van der Waals surface area (Å²) in [7, 11) is 1.72. The third-order valence-electron chi connectivity index (χ3n) is 2.72. The number of amides is 1. The number of anilines is 1. The summed E-state index contributed by atoms with van der Waals surface area (Å²) in [6.07, 6.45) is 0.382. The Morgan fingerprint density at radius 1 is 1.53 bits per heavy atom. The second-order valence-electron chi connectivity index (χ2n) is 3.91. The number of rotatable bonds is 4. The fraction of sp³-hybridized carbons (Fsp3) is 0.333. The number of nitrogens with zero attached hydrogens (tertiary/aromatic N) is 1. The van der Waals surface area contributed by atoms with E-state index >= 15 is 0 Å². The lowest BCUT2D eigenvalue weighted by atomic mass is 10.1. The van der Waals surface area contributed by atoms with Crippen molar-refractivity contribution in [2.75, 3.05) is 18.6 Å². The zero-order valence-electron chi connectivity index (χ0n) is 9.47. The SMILES string of the molecule is CN1C(=O)Cc2ccc(OCCC(=O)O)cc21. The standard InChI is InChI=1S/C12H13NO4/c1-13-10-7-9(17-5-4-12(15)16)3-2-8(10)6-11(13)14/h2-3,7H,4-6H2,1H3,(H,15,16). The first-order chi connectivity index (χ1) is 8.08. The molecule has 1 aliphatic heterocycles. The summed E-state index contributed by atoms with van der Waals surface area (Å²) in [6.45, 7) is 0.131. The summed E-state index contributed by atoms with van der Waals surface area (Å²) in [5, 5.41) is 8.49. The minimum Gasteiger partial charge on any atom is -0.493 e. The van der Waals surface area contributed by atoms with Crippen LogP contribution in [0.4, 0.5) is 5.69 Å². The van der Waals surface area contributed by atoms with Gasteiger partial charge >= 0.3 is 5.97 Å². The summed E-state index contributed by atoms with van der Waals surface area (Å²) >= 11 is 0. The molecule has 0 spiro atoms. The molecule has 0 saturated carbocycles. The van der Waals surface area contributed by atoms with Crippen molar-refractivity contribution in [3.8, 4) is 5.75 Å². The van der Waals surface area contributed by atoms with E-state index in [0.29, 0.717) is 12.2 Å². The van der Waals surface area contributed by atoms with Crippen molar-refractivity contribution < 1.29 is 19.4 Å². The van der Waals surface area contributed by atoms with E-state index in [1.807, 2.05) is 6.07 Å². The van der Waals surface area contributed by atoms with Gasteiger partial charge < -0.3 is 14.7 Å². The molecular weight excluding hydrogens is 222 g/mol. The average Bonchev–Trinajstić information content (AvgIpc) is 2.55. The minimum absolute atomic E-state index is 0.0359. The van der Waals surface area contributed by atoms with Crippen LogP contribution in [-0.2, 0) is 16.0 Å². The summed E-state index contributed by atoms with van der Waals surface area (Å²) in [6, 6.07) is 5.36. The fourth-order valence-electron chi connectivity index (χ4n) is 1.77. The van der Waals surface area contributed by atoms with E-state index in [1.54, 1.807) is 24.1 Å². The van der Waals surface area contributed by atoms with E-state index in [4.69, 9.17) is 9.84 Å². The van der Waals surface area contributed by atoms with Gasteiger partial charge in [0.25, 0.3) is 0 Å². The number of benzene rings is 1. The maximum atomic E-state index is 11.5. The maximum Gasteiger partial charge on any atom is 0.306 e. The molecule has 5 heteroatoms. The van der Waals surface area contributed by atoms with Gasteiger partial charge in [-0.1, -0.05) is 6.07 Å². The molecule has 0 unspecified atom stereocenters. The van der Waals surface area contributed by atoms with Gasteiger partial charge in [-0.15, -0.1) is 0 Å². The Hall–Kier alpha value is -2.04. The van der Waals surface area contributed by atoms with Gasteiger partial charge in [0.2, 0.25) is 5.91 Å². The molecule has 0 radical (unpaired) electrons. The number of aliphatic carboxylic acids is 1. The molecule has 1 N–H and O–H groups in total. The first-order valence-corrected chi connectivity index (χ1v) is 5.32. The molecule has 5 nitrogen and oxygen atoms in total. The largest absolute Gasteiger partial charge is 0.493 e. The normalized spacial score (nSPS) is 13.7. The molecule has 2 rings (SSSR count). The monoisotopic (exact) mass is 235 g/mol. The lowest BCUT2D eigenvalue weighted by Gasteiger charge is -2.11. The molecule has 90 valence electrons. The van der Waals surface area contributed by atoms with Crippen LogP contribution in [0.15, 0.2) is 18.2 Å². The Morgan fingerprint density at radius 2 is 2.29 bits per heavy atom. The number of carboxylic acid groups (broad SMARTS) is 1. The molecule has 0 aliphatic carbocycles. The van der Waals surface area contributed by atoms with Gasteiger partial charge in [-0.05, 0) is 11.6 Å². The minimum atomic E-state index is -0.890. The van der Waals surface area contributed by atoms with Crippen LogP contribution in [0.3, 0.4) is 0 Å². The van der Waals surface area contributed by atoms with Crippen molar-refractivity contribution in [1.82, 2.24) is 0 Å². The van der Waals surface area contributed by atoms with Crippen molar-refractivity contribution in [1.29, 1.82) is 0 Å².